The second-order valence-corrected chi connectivity index (χ2v) is 10.1. The Bertz CT molecular complexity index is 1290. The highest BCUT2D eigenvalue weighted by Gasteiger charge is 2.33. The van der Waals surface area contributed by atoms with Crippen LogP contribution in [0, 0.1) is 0 Å². The van der Waals surface area contributed by atoms with Crippen molar-refractivity contribution in [2.24, 2.45) is 0 Å². The van der Waals surface area contributed by atoms with Gasteiger partial charge in [0.25, 0.3) is 5.91 Å². The molecule has 3 aromatic rings. The summed E-state index contributed by atoms with van der Waals surface area (Å²) in [7, 11) is -3.91. The van der Waals surface area contributed by atoms with Gasteiger partial charge in [-0.25, -0.2) is 0 Å². The fourth-order valence-corrected chi connectivity index (χ4v) is 5.27. The predicted octanol–water partition coefficient (Wildman–Crippen LogP) is 5.51. The summed E-state index contributed by atoms with van der Waals surface area (Å²) in [5.74, 6) is -0.0725. The van der Waals surface area contributed by atoms with Crippen LogP contribution in [0.15, 0.2) is 88.7 Å². The number of carbonyl (C=O) groups is 1. The highest BCUT2D eigenvalue weighted by atomic mass is 35.5. The Labute approximate surface area is 194 Å². The highest BCUT2D eigenvalue weighted by Crippen LogP contribution is 2.36. The van der Waals surface area contributed by atoms with Crippen molar-refractivity contribution in [3.8, 4) is 5.75 Å². The maximum atomic E-state index is 12.8. The Balaban J connectivity index is 1.52. The summed E-state index contributed by atoms with van der Waals surface area (Å²) in [4.78, 5) is 14.8. The van der Waals surface area contributed by atoms with Crippen LogP contribution in [-0.2, 0) is 14.9 Å². The molecule has 1 saturated heterocycles. The number of halogens is 1. The lowest BCUT2D eigenvalue weighted by molar-refractivity contribution is -0.113. The monoisotopic (exact) mass is 487 g/mol. The molecule has 156 valence electrons. The van der Waals surface area contributed by atoms with Gasteiger partial charge >= 0.3 is 10.1 Å². The van der Waals surface area contributed by atoms with Gasteiger partial charge in [0.15, 0.2) is 4.32 Å². The molecule has 0 unspecified atom stereocenters. The first kappa shape index (κ1) is 21.6. The molecular weight excluding hydrogens is 474 g/mol. The lowest BCUT2D eigenvalue weighted by Gasteiger charge is -2.14. The molecule has 31 heavy (non-hydrogen) atoms. The van der Waals surface area contributed by atoms with Crippen LogP contribution in [-0.4, -0.2) is 18.6 Å². The topological polar surface area (TPSA) is 63.7 Å². The zero-order chi connectivity index (χ0) is 22.0. The molecule has 9 heteroatoms. The molecule has 0 aliphatic carbocycles. The molecule has 0 N–H and O–H groups in total. The second-order valence-electron chi connectivity index (χ2n) is 6.42. The van der Waals surface area contributed by atoms with Gasteiger partial charge in [0.1, 0.15) is 10.6 Å². The number of nitrogens with zero attached hydrogens (tertiary/aromatic N) is 1. The van der Waals surface area contributed by atoms with Crippen molar-refractivity contribution in [2.75, 3.05) is 4.90 Å². The quantitative estimate of drug-likeness (QED) is 0.268. The molecule has 1 aliphatic heterocycles. The molecule has 1 aliphatic rings. The molecule has 1 heterocycles. The largest absolute Gasteiger partial charge is 0.379 e. The Morgan fingerprint density at radius 2 is 1.68 bits per heavy atom. The average Bonchev–Trinajstić information content (AvgIpc) is 3.03. The number of thiocarbonyl (C=S) groups is 1. The minimum Gasteiger partial charge on any atom is -0.379 e. The van der Waals surface area contributed by atoms with Gasteiger partial charge in [-0.2, -0.15) is 8.42 Å². The smallest absolute Gasteiger partial charge is 0.339 e. The van der Waals surface area contributed by atoms with E-state index in [-0.39, 0.29) is 16.6 Å². The first-order valence-corrected chi connectivity index (χ1v) is 12.0. The van der Waals surface area contributed by atoms with Gasteiger partial charge in [-0.15, -0.1) is 0 Å². The van der Waals surface area contributed by atoms with Crippen molar-refractivity contribution in [3.63, 3.8) is 0 Å². The number of thioether (sulfide) groups is 1. The van der Waals surface area contributed by atoms with Crippen molar-refractivity contribution >= 4 is 67.7 Å². The molecule has 3 aromatic carbocycles. The van der Waals surface area contributed by atoms with E-state index in [0.29, 0.717) is 25.5 Å². The second kappa shape index (κ2) is 8.84. The lowest BCUT2D eigenvalue weighted by atomic mass is 10.2. The van der Waals surface area contributed by atoms with Gasteiger partial charge in [0, 0.05) is 5.02 Å². The summed E-state index contributed by atoms with van der Waals surface area (Å²) in [5, 5.41) is 0.511. The third-order valence-corrected chi connectivity index (χ3v) is 7.07. The Morgan fingerprint density at radius 3 is 2.35 bits per heavy atom. The predicted molar refractivity (Wildman–Crippen MR) is 128 cm³/mol. The summed E-state index contributed by atoms with van der Waals surface area (Å²) in [6.45, 7) is 0. The maximum Gasteiger partial charge on any atom is 0.339 e. The van der Waals surface area contributed by atoms with Gasteiger partial charge in [-0.3, -0.25) is 9.69 Å². The fraction of sp³-hybridized carbons (Fsp3) is 0. The number of benzene rings is 3. The van der Waals surface area contributed by atoms with E-state index in [9.17, 15) is 13.2 Å². The molecule has 0 saturated carbocycles. The van der Waals surface area contributed by atoms with Crippen LogP contribution in [0.4, 0.5) is 5.69 Å². The number of amides is 1. The molecule has 4 rings (SSSR count). The SMILES string of the molecule is O=C1C(=Cc2ccc(OS(=O)(=O)c3ccccc3)cc2)SC(=S)N1c1cccc(Cl)c1. The van der Waals surface area contributed by atoms with Crippen LogP contribution in [0.1, 0.15) is 5.56 Å². The zero-order valence-electron chi connectivity index (χ0n) is 15.8. The summed E-state index contributed by atoms with van der Waals surface area (Å²) >= 11 is 12.6. The van der Waals surface area contributed by atoms with Crippen molar-refractivity contribution in [1.82, 2.24) is 0 Å². The molecule has 0 radical (unpaired) electrons. The van der Waals surface area contributed by atoms with E-state index in [1.165, 1.54) is 40.9 Å². The van der Waals surface area contributed by atoms with Crippen molar-refractivity contribution in [1.29, 1.82) is 0 Å². The number of carbonyl (C=O) groups excluding carboxylic acids is 1. The molecule has 1 fully saturated rings. The number of rotatable bonds is 5. The zero-order valence-corrected chi connectivity index (χ0v) is 19.0. The van der Waals surface area contributed by atoms with Crippen molar-refractivity contribution < 1.29 is 17.4 Å². The van der Waals surface area contributed by atoms with E-state index in [2.05, 4.69) is 0 Å². The van der Waals surface area contributed by atoms with E-state index in [1.54, 1.807) is 60.7 Å². The molecular formula is C22H14ClNO4S3. The lowest BCUT2D eigenvalue weighted by Crippen LogP contribution is -2.27. The molecule has 0 atom stereocenters. The van der Waals surface area contributed by atoms with Gasteiger partial charge in [0.2, 0.25) is 0 Å². The molecule has 0 aromatic heterocycles. The minimum atomic E-state index is -3.91. The normalized spacial score (nSPS) is 15.5. The molecule has 5 nitrogen and oxygen atoms in total. The van der Waals surface area contributed by atoms with E-state index < -0.39 is 10.1 Å². The van der Waals surface area contributed by atoms with Crippen molar-refractivity contribution in [3.05, 3.63) is 94.4 Å². The van der Waals surface area contributed by atoms with Gasteiger partial charge in [-0.1, -0.05) is 72.0 Å². The number of anilines is 1. The Morgan fingerprint density at radius 1 is 0.968 bits per heavy atom. The maximum absolute atomic E-state index is 12.8. The average molecular weight is 488 g/mol. The first-order chi connectivity index (χ1) is 14.8. The van der Waals surface area contributed by atoms with Crippen LogP contribution >= 0.6 is 35.6 Å². The molecule has 0 spiro atoms. The third kappa shape index (κ3) is 4.83. The van der Waals surface area contributed by atoms with E-state index in [0.717, 1.165) is 0 Å². The minimum absolute atomic E-state index is 0.0729. The standard InChI is InChI=1S/C22H14ClNO4S3/c23-16-5-4-6-17(14-16)24-21(25)20(30-22(24)29)13-15-9-11-18(12-10-15)28-31(26,27)19-7-2-1-3-8-19/h1-14H. The molecule has 1 amide bonds. The third-order valence-electron chi connectivity index (χ3n) is 4.28. The fourth-order valence-electron chi connectivity index (χ4n) is 2.84. The van der Waals surface area contributed by atoms with Crippen molar-refractivity contribution in [2.45, 2.75) is 4.90 Å². The summed E-state index contributed by atoms with van der Waals surface area (Å²) < 4.78 is 30.2. The van der Waals surface area contributed by atoms with Crippen LogP contribution < -0.4 is 9.08 Å². The van der Waals surface area contributed by atoms with Gasteiger partial charge in [-0.05, 0) is 54.1 Å². The van der Waals surface area contributed by atoms with Crippen LogP contribution in [0.5, 0.6) is 5.75 Å². The summed E-state index contributed by atoms with van der Waals surface area (Å²) in [6.07, 6.45) is 1.69. The Kier molecular flexibility index (Phi) is 6.15. The highest BCUT2D eigenvalue weighted by molar-refractivity contribution is 8.27. The summed E-state index contributed by atoms with van der Waals surface area (Å²) in [5.41, 5.74) is 1.31. The number of hydrogen-bond donors (Lipinski definition) is 0. The van der Waals surface area contributed by atoms with Crippen LogP contribution in [0.3, 0.4) is 0 Å². The van der Waals surface area contributed by atoms with E-state index in [4.69, 9.17) is 28.0 Å². The van der Waals surface area contributed by atoms with Crippen LogP contribution in [0.2, 0.25) is 5.02 Å². The van der Waals surface area contributed by atoms with Gasteiger partial charge < -0.3 is 4.18 Å². The van der Waals surface area contributed by atoms with E-state index >= 15 is 0 Å². The van der Waals surface area contributed by atoms with Gasteiger partial charge in [0.05, 0.1) is 10.6 Å². The van der Waals surface area contributed by atoms with Crippen LogP contribution in [0.25, 0.3) is 6.08 Å². The van der Waals surface area contributed by atoms with E-state index in [1.807, 2.05) is 0 Å². The summed E-state index contributed by atoms with van der Waals surface area (Å²) in [6, 6.07) is 21.2. The Hall–Kier alpha value is -2.65. The molecule has 0 bridgehead atoms. The first-order valence-electron chi connectivity index (χ1n) is 8.97. The number of hydrogen-bond acceptors (Lipinski definition) is 6.